The number of piperidine rings is 1. The number of aromatic nitrogens is 1. The highest BCUT2D eigenvalue weighted by molar-refractivity contribution is 7.91. The van der Waals surface area contributed by atoms with E-state index in [1.54, 1.807) is 34.7 Å². The van der Waals surface area contributed by atoms with Crippen molar-refractivity contribution in [2.75, 3.05) is 18.0 Å². The summed E-state index contributed by atoms with van der Waals surface area (Å²) >= 11 is 2.67. The Labute approximate surface area is 206 Å². The van der Waals surface area contributed by atoms with Gasteiger partial charge < -0.3 is 4.42 Å². The van der Waals surface area contributed by atoms with Crippen LogP contribution >= 0.6 is 22.7 Å². The van der Waals surface area contributed by atoms with Crippen molar-refractivity contribution in [2.45, 2.75) is 37.4 Å². The van der Waals surface area contributed by atoms with Gasteiger partial charge in [0.25, 0.3) is 10.0 Å². The number of hydrogen-bond donors (Lipinski definition) is 0. The molecule has 5 rings (SSSR count). The van der Waals surface area contributed by atoms with Crippen LogP contribution in [0.25, 0.3) is 10.2 Å². The topological polar surface area (TPSA) is 83.7 Å². The number of aryl methyl sites for hydroxylation is 2. The predicted octanol–water partition coefficient (Wildman–Crippen LogP) is 5.20. The third-order valence-corrected chi connectivity index (χ3v) is 10.6. The number of benzene rings is 1. The molecule has 1 atom stereocenters. The Morgan fingerprint density at radius 1 is 1.24 bits per heavy atom. The normalized spacial score (nSPS) is 17.3. The maximum Gasteiger partial charge on any atom is 0.252 e. The highest BCUT2D eigenvalue weighted by atomic mass is 32.2. The standard InChI is InChI=1S/C24H25N3O4S3/c1-16-9-10-20-22(17(16)2)25-24(33-20)27(15-19-7-4-12-31-19)23(28)18-6-3-11-26(14-18)34(29,30)21-8-5-13-32-21/h4-5,7-10,12-13,18H,3,6,11,14-15H2,1-2H3. The fourth-order valence-corrected chi connectivity index (χ4v) is 7.95. The minimum absolute atomic E-state index is 0.129. The Hall–Kier alpha value is -2.53. The Bertz CT molecular complexity index is 1410. The predicted molar refractivity (Wildman–Crippen MR) is 135 cm³/mol. The quantitative estimate of drug-likeness (QED) is 0.352. The third-order valence-electron chi connectivity index (χ3n) is 6.29. The monoisotopic (exact) mass is 515 g/mol. The Morgan fingerprint density at radius 3 is 2.82 bits per heavy atom. The lowest BCUT2D eigenvalue weighted by Gasteiger charge is -2.33. The van der Waals surface area contributed by atoms with E-state index in [0.717, 1.165) is 21.3 Å². The number of carbonyl (C=O) groups is 1. The van der Waals surface area contributed by atoms with E-state index in [0.29, 0.717) is 34.5 Å². The third kappa shape index (κ3) is 4.31. The maximum atomic E-state index is 13.8. The number of anilines is 1. The van der Waals surface area contributed by atoms with Crippen molar-refractivity contribution in [1.29, 1.82) is 0 Å². The van der Waals surface area contributed by atoms with Gasteiger partial charge >= 0.3 is 0 Å². The van der Waals surface area contributed by atoms with Crippen molar-refractivity contribution >= 4 is 54.0 Å². The number of amides is 1. The van der Waals surface area contributed by atoms with Crippen LogP contribution in [0.1, 0.15) is 29.7 Å². The Balaban J connectivity index is 1.47. The van der Waals surface area contributed by atoms with E-state index in [1.165, 1.54) is 27.0 Å². The zero-order valence-corrected chi connectivity index (χ0v) is 21.4. The van der Waals surface area contributed by atoms with Gasteiger partial charge in [0.15, 0.2) is 5.13 Å². The lowest BCUT2D eigenvalue weighted by molar-refractivity contribution is -0.123. The van der Waals surface area contributed by atoms with Crippen LogP contribution in [0.2, 0.25) is 0 Å². The molecule has 1 saturated heterocycles. The van der Waals surface area contributed by atoms with Crippen molar-refractivity contribution in [1.82, 2.24) is 9.29 Å². The summed E-state index contributed by atoms with van der Waals surface area (Å²) in [6.45, 7) is 4.91. The van der Waals surface area contributed by atoms with Crippen LogP contribution in [-0.4, -0.2) is 36.7 Å². The minimum Gasteiger partial charge on any atom is -0.467 e. The molecule has 0 saturated carbocycles. The van der Waals surface area contributed by atoms with Crippen LogP contribution in [0.5, 0.6) is 0 Å². The molecular weight excluding hydrogens is 490 g/mol. The van der Waals surface area contributed by atoms with Crippen molar-refractivity contribution in [3.63, 3.8) is 0 Å². The lowest BCUT2D eigenvalue weighted by Crippen LogP contribution is -2.46. The molecule has 1 amide bonds. The molecule has 3 aromatic heterocycles. The van der Waals surface area contributed by atoms with Crippen LogP contribution in [0.3, 0.4) is 0 Å². The number of fused-ring (bicyclic) bond motifs is 1. The van der Waals surface area contributed by atoms with Crippen LogP contribution < -0.4 is 4.90 Å². The highest BCUT2D eigenvalue weighted by Gasteiger charge is 2.36. The van der Waals surface area contributed by atoms with Gasteiger partial charge in [-0.15, -0.1) is 11.3 Å². The second kappa shape index (κ2) is 9.26. The largest absolute Gasteiger partial charge is 0.467 e. The van der Waals surface area contributed by atoms with Crippen molar-refractivity contribution < 1.29 is 17.6 Å². The second-order valence-corrected chi connectivity index (χ2v) is 12.6. The number of hydrogen-bond acceptors (Lipinski definition) is 7. The van der Waals surface area contributed by atoms with Gasteiger partial charge in [0, 0.05) is 13.1 Å². The van der Waals surface area contributed by atoms with Gasteiger partial charge in [-0.2, -0.15) is 4.31 Å². The number of thiazole rings is 1. The number of rotatable bonds is 6. The first kappa shape index (κ1) is 23.2. The summed E-state index contributed by atoms with van der Waals surface area (Å²) < 4.78 is 34.5. The van der Waals surface area contributed by atoms with Gasteiger partial charge in [0.05, 0.1) is 28.9 Å². The summed E-state index contributed by atoms with van der Waals surface area (Å²) in [5.74, 6) is 0.0728. The zero-order chi connectivity index (χ0) is 23.9. The first-order chi connectivity index (χ1) is 16.3. The molecule has 0 radical (unpaired) electrons. The van der Waals surface area contributed by atoms with Gasteiger partial charge in [-0.25, -0.2) is 13.4 Å². The second-order valence-electron chi connectivity index (χ2n) is 8.49. The first-order valence-electron chi connectivity index (χ1n) is 11.1. The number of sulfonamides is 1. The van der Waals surface area contributed by atoms with Gasteiger partial charge in [0.1, 0.15) is 9.97 Å². The molecule has 1 fully saturated rings. The SMILES string of the molecule is Cc1ccc2sc(N(Cc3ccco3)C(=O)C3CCCN(S(=O)(=O)c4cccs4)C3)nc2c1C. The van der Waals surface area contributed by atoms with Gasteiger partial charge in [0.2, 0.25) is 5.91 Å². The van der Waals surface area contributed by atoms with Crippen molar-refractivity contribution in [2.24, 2.45) is 5.92 Å². The Morgan fingerprint density at radius 2 is 2.09 bits per heavy atom. The number of nitrogens with zero attached hydrogens (tertiary/aromatic N) is 3. The summed E-state index contributed by atoms with van der Waals surface area (Å²) in [5.41, 5.74) is 3.13. The summed E-state index contributed by atoms with van der Waals surface area (Å²) in [6.07, 6.45) is 2.85. The van der Waals surface area contributed by atoms with E-state index in [2.05, 4.69) is 6.07 Å². The molecule has 1 unspecified atom stereocenters. The number of thiophene rings is 1. The average molecular weight is 516 g/mol. The molecule has 1 aliphatic rings. The molecule has 0 spiro atoms. The minimum atomic E-state index is -3.61. The van der Waals surface area contributed by atoms with E-state index in [-0.39, 0.29) is 19.0 Å². The van der Waals surface area contributed by atoms with E-state index < -0.39 is 15.9 Å². The number of furan rings is 1. The van der Waals surface area contributed by atoms with Crippen LogP contribution in [0.15, 0.2) is 56.7 Å². The van der Waals surface area contributed by atoms with Gasteiger partial charge in [-0.3, -0.25) is 9.69 Å². The van der Waals surface area contributed by atoms with Crippen molar-refractivity contribution in [3.05, 3.63) is 64.9 Å². The highest BCUT2D eigenvalue weighted by Crippen LogP contribution is 2.35. The summed E-state index contributed by atoms with van der Waals surface area (Å²) in [6, 6.07) is 11.1. The molecule has 7 nitrogen and oxygen atoms in total. The molecule has 34 heavy (non-hydrogen) atoms. The van der Waals surface area contributed by atoms with E-state index in [4.69, 9.17) is 9.40 Å². The van der Waals surface area contributed by atoms with Gasteiger partial charge in [-0.05, 0) is 67.5 Å². The van der Waals surface area contributed by atoms with E-state index in [1.807, 2.05) is 26.0 Å². The smallest absolute Gasteiger partial charge is 0.252 e. The molecule has 178 valence electrons. The van der Waals surface area contributed by atoms with Crippen LogP contribution in [-0.2, 0) is 21.4 Å². The molecule has 4 heterocycles. The molecule has 0 aliphatic carbocycles. The molecule has 1 aromatic carbocycles. The molecule has 0 N–H and O–H groups in total. The molecule has 10 heteroatoms. The molecular formula is C24H25N3O4S3. The molecule has 0 bridgehead atoms. The van der Waals surface area contributed by atoms with E-state index >= 15 is 0 Å². The average Bonchev–Trinajstić information content (AvgIpc) is 3.61. The van der Waals surface area contributed by atoms with Crippen LogP contribution in [0, 0.1) is 19.8 Å². The molecule has 1 aliphatic heterocycles. The maximum absolute atomic E-state index is 13.8. The zero-order valence-electron chi connectivity index (χ0n) is 18.9. The number of carbonyl (C=O) groups excluding carboxylic acids is 1. The van der Waals surface area contributed by atoms with Crippen LogP contribution in [0.4, 0.5) is 5.13 Å². The Kier molecular flexibility index (Phi) is 6.32. The van der Waals surface area contributed by atoms with Crippen molar-refractivity contribution in [3.8, 4) is 0 Å². The summed E-state index contributed by atoms with van der Waals surface area (Å²) in [4.78, 5) is 20.3. The summed E-state index contributed by atoms with van der Waals surface area (Å²) in [7, 11) is -3.61. The first-order valence-corrected chi connectivity index (χ1v) is 14.2. The van der Waals surface area contributed by atoms with E-state index in [9.17, 15) is 13.2 Å². The fraction of sp³-hybridized carbons (Fsp3) is 0.333. The fourth-order valence-electron chi connectivity index (χ4n) is 4.25. The lowest BCUT2D eigenvalue weighted by atomic mass is 9.98. The molecule has 4 aromatic rings. The van der Waals surface area contributed by atoms with Gasteiger partial charge in [-0.1, -0.05) is 23.5 Å². The summed E-state index contributed by atoms with van der Waals surface area (Å²) in [5, 5.41) is 2.35.